The molecule has 1 aromatic heterocycles. The van der Waals surface area contributed by atoms with Gasteiger partial charge in [0.1, 0.15) is 5.75 Å². The zero-order valence-electron chi connectivity index (χ0n) is 11.3. The number of oxazole rings is 1. The molecule has 0 aliphatic carbocycles. The Morgan fingerprint density at radius 1 is 1.30 bits per heavy atom. The first-order valence-corrected chi connectivity index (χ1v) is 7.03. The Morgan fingerprint density at radius 3 is 2.85 bits per heavy atom. The molecule has 2 aromatic rings. The van der Waals surface area contributed by atoms with Crippen molar-refractivity contribution in [3.8, 4) is 17.1 Å². The van der Waals surface area contributed by atoms with E-state index >= 15 is 0 Å². The van der Waals surface area contributed by atoms with Gasteiger partial charge in [-0.15, -0.1) is 0 Å². The molecule has 0 N–H and O–H groups in total. The molecule has 0 spiro atoms. The van der Waals surface area contributed by atoms with E-state index in [1.54, 1.807) is 19.4 Å². The van der Waals surface area contributed by atoms with Gasteiger partial charge in [0.15, 0.2) is 11.7 Å². The van der Waals surface area contributed by atoms with Crippen LogP contribution < -0.4 is 4.74 Å². The fraction of sp³-hybridized carbons (Fsp3) is 0.400. The van der Waals surface area contributed by atoms with Crippen LogP contribution in [0.2, 0.25) is 5.02 Å². The van der Waals surface area contributed by atoms with Crippen LogP contribution in [-0.2, 0) is 4.74 Å². The van der Waals surface area contributed by atoms with Gasteiger partial charge in [0.2, 0.25) is 0 Å². The minimum absolute atomic E-state index is 0.353. The molecule has 106 valence electrons. The Morgan fingerprint density at radius 2 is 2.10 bits per heavy atom. The summed E-state index contributed by atoms with van der Waals surface area (Å²) in [5.74, 6) is 2.51. The maximum absolute atomic E-state index is 6.03. The third-order valence-corrected chi connectivity index (χ3v) is 3.84. The monoisotopic (exact) mass is 293 g/mol. The zero-order chi connectivity index (χ0) is 13.9. The largest absolute Gasteiger partial charge is 0.495 e. The second kappa shape index (κ2) is 5.85. The molecule has 0 atom stereocenters. The fourth-order valence-electron chi connectivity index (χ4n) is 2.37. The van der Waals surface area contributed by atoms with Crippen LogP contribution in [0.15, 0.2) is 28.8 Å². The van der Waals surface area contributed by atoms with Crippen molar-refractivity contribution >= 4 is 11.6 Å². The van der Waals surface area contributed by atoms with Gasteiger partial charge < -0.3 is 13.9 Å². The molecule has 20 heavy (non-hydrogen) atoms. The first kappa shape index (κ1) is 13.5. The van der Waals surface area contributed by atoms with E-state index in [-0.39, 0.29) is 0 Å². The number of rotatable bonds is 3. The van der Waals surface area contributed by atoms with Gasteiger partial charge in [-0.3, -0.25) is 0 Å². The second-order valence-electron chi connectivity index (χ2n) is 4.80. The molecule has 3 rings (SSSR count). The predicted octanol–water partition coefficient (Wildman–Crippen LogP) is 3.90. The van der Waals surface area contributed by atoms with E-state index in [4.69, 9.17) is 25.5 Å². The van der Waals surface area contributed by atoms with Gasteiger partial charge in [-0.2, -0.15) is 0 Å². The molecule has 1 fully saturated rings. The van der Waals surface area contributed by atoms with Gasteiger partial charge in [-0.25, -0.2) is 4.98 Å². The van der Waals surface area contributed by atoms with Crippen molar-refractivity contribution in [1.82, 2.24) is 4.98 Å². The second-order valence-corrected chi connectivity index (χ2v) is 5.21. The van der Waals surface area contributed by atoms with Gasteiger partial charge in [0, 0.05) is 24.7 Å². The van der Waals surface area contributed by atoms with Gasteiger partial charge in [-0.1, -0.05) is 11.6 Å². The maximum atomic E-state index is 6.03. The lowest BCUT2D eigenvalue weighted by molar-refractivity contribution is 0.0796. The van der Waals surface area contributed by atoms with E-state index in [1.807, 2.05) is 12.1 Å². The van der Waals surface area contributed by atoms with Crippen molar-refractivity contribution in [3.05, 3.63) is 35.3 Å². The number of ether oxygens (including phenoxy) is 2. The van der Waals surface area contributed by atoms with Crippen molar-refractivity contribution < 1.29 is 13.9 Å². The van der Waals surface area contributed by atoms with E-state index in [2.05, 4.69) is 4.98 Å². The number of hydrogen-bond donors (Lipinski definition) is 0. The Kier molecular flexibility index (Phi) is 3.94. The summed E-state index contributed by atoms with van der Waals surface area (Å²) in [6.45, 7) is 1.55. The van der Waals surface area contributed by atoms with E-state index in [0.29, 0.717) is 16.7 Å². The zero-order valence-corrected chi connectivity index (χ0v) is 12.0. The minimum Gasteiger partial charge on any atom is -0.495 e. The summed E-state index contributed by atoms with van der Waals surface area (Å²) >= 11 is 6.03. The summed E-state index contributed by atoms with van der Waals surface area (Å²) in [6.07, 6.45) is 3.68. The molecule has 1 saturated heterocycles. The summed E-state index contributed by atoms with van der Waals surface area (Å²) < 4.78 is 16.5. The summed E-state index contributed by atoms with van der Waals surface area (Å²) in [4.78, 5) is 4.40. The summed E-state index contributed by atoms with van der Waals surface area (Å²) in [5, 5.41) is 0.584. The molecule has 1 aliphatic heterocycles. The number of nitrogens with zero attached hydrogens (tertiary/aromatic N) is 1. The molecule has 1 aromatic carbocycles. The van der Waals surface area contributed by atoms with Crippen LogP contribution in [0.1, 0.15) is 24.7 Å². The van der Waals surface area contributed by atoms with Crippen molar-refractivity contribution in [2.24, 2.45) is 0 Å². The van der Waals surface area contributed by atoms with Crippen molar-refractivity contribution in [3.63, 3.8) is 0 Å². The van der Waals surface area contributed by atoms with E-state index in [0.717, 1.165) is 43.3 Å². The average molecular weight is 294 g/mol. The highest BCUT2D eigenvalue weighted by Gasteiger charge is 2.21. The van der Waals surface area contributed by atoms with Crippen molar-refractivity contribution in [1.29, 1.82) is 0 Å². The van der Waals surface area contributed by atoms with Crippen LogP contribution in [0.25, 0.3) is 11.3 Å². The minimum atomic E-state index is 0.353. The average Bonchev–Trinajstić information content (AvgIpc) is 2.98. The number of halogens is 1. The number of methoxy groups -OCH3 is 1. The first-order chi connectivity index (χ1) is 9.78. The Bertz CT molecular complexity index is 591. The van der Waals surface area contributed by atoms with E-state index in [9.17, 15) is 0 Å². The molecule has 0 amide bonds. The predicted molar refractivity (Wildman–Crippen MR) is 76.3 cm³/mol. The molecule has 2 heterocycles. The van der Waals surface area contributed by atoms with Gasteiger partial charge in [-0.05, 0) is 31.0 Å². The third-order valence-electron chi connectivity index (χ3n) is 3.53. The molecule has 5 heteroatoms. The smallest absolute Gasteiger partial charge is 0.198 e. The molecular formula is C15H16ClNO3. The highest BCUT2D eigenvalue weighted by Crippen LogP contribution is 2.33. The lowest BCUT2D eigenvalue weighted by atomic mass is 10.0. The molecule has 4 nitrogen and oxygen atoms in total. The first-order valence-electron chi connectivity index (χ1n) is 6.65. The van der Waals surface area contributed by atoms with Gasteiger partial charge in [0.25, 0.3) is 0 Å². The van der Waals surface area contributed by atoms with Gasteiger partial charge in [0.05, 0.1) is 18.3 Å². The van der Waals surface area contributed by atoms with E-state index < -0.39 is 0 Å². The van der Waals surface area contributed by atoms with Crippen LogP contribution in [0.3, 0.4) is 0 Å². The Labute approximate surface area is 122 Å². The molecule has 0 saturated carbocycles. The summed E-state index contributed by atoms with van der Waals surface area (Å²) in [5.41, 5.74) is 0.914. The van der Waals surface area contributed by atoms with Gasteiger partial charge >= 0.3 is 0 Å². The fourth-order valence-corrected chi connectivity index (χ4v) is 2.56. The molecule has 0 bridgehead atoms. The van der Waals surface area contributed by atoms with Crippen molar-refractivity contribution in [2.45, 2.75) is 18.8 Å². The Balaban J connectivity index is 1.85. The summed E-state index contributed by atoms with van der Waals surface area (Å²) in [7, 11) is 1.60. The topological polar surface area (TPSA) is 44.5 Å². The lowest BCUT2D eigenvalue weighted by Gasteiger charge is -2.18. The molecular weight excluding hydrogens is 278 g/mol. The Hall–Kier alpha value is -1.52. The number of hydrogen-bond acceptors (Lipinski definition) is 4. The van der Waals surface area contributed by atoms with Crippen LogP contribution in [0.4, 0.5) is 0 Å². The quantitative estimate of drug-likeness (QED) is 0.861. The number of aromatic nitrogens is 1. The van der Waals surface area contributed by atoms with Crippen LogP contribution >= 0.6 is 11.6 Å². The molecule has 1 aliphatic rings. The lowest BCUT2D eigenvalue weighted by Crippen LogP contribution is -2.14. The van der Waals surface area contributed by atoms with E-state index in [1.165, 1.54) is 0 Å². The van der Waals surface area contributed by atoms with Crippen LogP contribution in [0.5, 0.6) is 5.75 Å². The molecule has 0 unspecified atom stereocenters. The number of benzene rings is 1. The van der Waals surface area contributed by atoms with Crippen LogP contribution in [-0.4, -0.2) is 25.3 Å². The highest BCUT2D eigenvalue weighted by molar-refractivity contribution is 6.32. The maximum Gasteiger partial charge on any atom is 0.198 e. The van der Waals surface area contributed by atoms with Crippen molar-refractivity contribution in [2.75, 3.05) is 20.3 Å². The van der Waals surface area contributed by atoms with Crippen LogP contribution in [0, 0.1) is 0 Å². The highest BCUT2D eigenvalue weighted by atomic mass is 35.5. The normalized spacial score (nSPS) is 16.3. The SMILES string of the molecule is COc1cc(-c2cnc(C3CCOCC3)o2)ccc1Cl. The standard InChI is InChI=1S/C15H16ClNO3/c1-18-13-8-11(2-3-12(13)16)14-9-17-15(20-14)10-4-6-19-7-5-10/h2-3,8-10H,4-7H2,1H3. The molecule has 0 radical (unpaired) electrons. The third kappa shape index (κ3) is 2.67. The summed E-state index contributed by atoms with van der Waals surface area (Å²) in [6, 6.07) is 5.56.